The van der Waals surface area contributed by atoms with Gasteiger partial charge in [0, 0.05) is 5.69 Å². The van der Waals surface area contributed by atoms with Gasteiger partial charge in [-0.3, -0.25) is 4.79 Å². The highest BCUT2D eigenvalue weighted by molar-refractivity contribution is 6.08. The van der Waals surface area contributed by atoms with Crippen LogP contribution in [0.5, 0.6) is 0 Å². The quantitative estimate of drug-likeness (QED) is 0.743. The number of carbonyl (C=O) groups excluding carboxylic acids is 3. The molecule has 0 bridgehead atoms. The van der Waals surface area contributed by atoms with Crippen molar-refractivity contribution in [3.05, 3.63) is 30.1 Å². The van der Waals surface area contributed by atoms with Crippen LogP contribution in [0.25, 0.3) is 0 Å². The fourth-order valence-corrected chi connectivity index (χ4v) is 2.24. The lowest BCUT2D eigenvalue weighted by Gasteiger charge is -2.23. The summed E-state index contributed by atoms with van der Waals surface area (Å²) in [5.41, 5.74) is 1.54. The minimum absolute atomic E-state index is 0.336. The molecule has 0 radical (unpaired) electrons. The topological polar surface area (TPSA) is 90.5 Å². The van der Waals surface area contributed by atoms with Gasteiger partial charge in [0.1, 0.15) is 11.4 Å². The van der Waals surface area contributed by atoms with Crippen LogP contribution in [0.4, 0.5) is 19.7 Å². The van der Waals surface area contributed by atoms with E-state index in [1.54, 1.807) is 13.8 Å². The largest absolute Gasteiger partial charge is 0.344 e. The van der Waals surface area contributed by atoms with E-state index in [-0.39, 0.29) is 0 Å². The fourth-order valence-electron chi connectivity index (χ4n) is 2.24. The molecular formula is C14H17FN4O3. The number of amides is 5. The van der Waals surface area contributed by atoms with Gasteiger partial charge in [0.25, 0.3) is 5.91 Å². The number of carbonyl (C=O) groups is 3. The highest BCUT2D eigenvalue weighted by Crippen LogP contribution is 2.23. The minimum Gasteiger partial charge on any atom is -0.322 e. The number of anilines is 1. The molecule has 0 atom stereocenters. The molecule has 1 aromatic carbocycles. The molecule has 0 saturated carbocycles. The van der Waals surface area contributed by atoms with Crippen LogP contribution in [0, 0.1) is 5.82 Å². The van der Waals surface area contributed by atoms with Crippen molar-refractivity contribution >= 4 is 23.7 Å². The second-order valence-corrected chi connectivity index (χ2v) is 4.93. The van der Waals surface area contributed by atoms with Crippen molar-refractivity contribution in [3.63, 3.8) is 0 Å². The highest BCUT2D eigenvalue weighted by Gasteiger charge is 2.49. The zero-order valence-electron chi connectivity index (χ0n) is 12.3. The maximum atomic E-state index is 12.8. The van der Waals surface area contributed by atoms with Crippen LogP contribution in [0.3, 0.4) is 0 Å². The molecule has 0 aliphatic carbocycles. The molecule has 22 heavy (non-hydrogen) atoms. The Bertz CT molecular complexity index is 599. The summed E-state index contributed by atoms with van der Waals surface area (Å²) in [6.45, 7) is 3.56. The van der Waals surface area contributed by atoms with Crippen molar-refractivity contribution in [2.75, 3.05) is 5.32 Å². The lowest BCUT2D eigenvalue weighted by Crippen LogP contribution is -2.50. The first kappa shape index (κ1) is 15.7. The summed E-state index contributed by atoms with van der Waals surface area (Å²) in [5, 5.41) is 5.66. The molecule has 0 aromatic heterocycles. The number of imide groups is 1. The van der Waals surface area contributed by atoms with Crippen molar-refractivity contribution in [1.82, 2.24) is 15.8 Å². The van der Waals surface area contributed by atoms with Gasteiger partial charge in [0.15, 0.2) is 0 Å². The Kier molecular flexibility index (Phi) is 4.30. The highest BCUT2D eigenvalue weighted by atomic mass is 19.1. The fraction of sp³-hybridized carbons (Fsp3) is 0.357. The number of nitrogens with zero attached hydrogens (tertiary/aromatic N) is 1. The number of nitrogens with one attached hydrogen (secondary N) is 3. The predicted molar refractivity (Wildman–Crippen MR) is 77.2 cm³/mol. The standard InChI is InChI=1S/C14H17FN4O3/c1-3-14(4-2)11(20)19(13(22)17-14)18-12(21)16-10-7-5-9(15)6-8-10/h5-8H,3-4H2,1-2H3,(H,17,22)(H2,16,18,21). The Morgan fingerprint density at radius 1 is 1.23 bits per heavy atom. The monoisotopic (exact) mass is 308 g/mol. The van der Waals surface area contributed by atoms with Crippen molar-refractivity contribution in [1.29, 1.82) is 0 Å². The van der Waals surface area contributed by atoms with E-state index in [2.05, 4.69) is 16.1 Å². The second kappa shape index (κ2) is 6.00. The maximum Gasteiger partial charge on any atom is 0.344 e. The molecule has 1 fully saturated rings. The molecule has 3 N–H and O–H groups in total. The van der Waals surface area contributed by atoms with E-state index in [1.807, 2.05) is 0 Å². The zero-order valence-corrected chi connectivity index (χ0v) is 12.3. The maximum absolute atomic E-state index is 12.8. The minimum atomic E-state index is -0.986. The van der Waals surface area contributed by atoms with Crippen LogP contribution in [0.2, 0.25) is 0 Å². The molecule has 0 unspecified atom stereocenters. The first-order chi connectivity index (χ1) is 10.4. The molecule has 1 heterocycles. The number of urea groups is 2. The van der Waals surface area contributed by atoms with Crippen LogP contribution in [0.15, 0.2) is 24.3 Å². The summed E-state index contributed by atoms with van der Waals surface area (Å²) in [7, 11) is 0. The molecule has 5 amide bonds. The van der Waals surface area contributed by atoms with Gasteiger partial charge >= 0.3 is 12.1 Å². The third-order valence-corrected chi connectivity index (χ3v) is 3.68. The average Bonchev–Trinajstić information content (AvgIpc) is 2.74. The molecule has 1 aromatic rings. The summed E-state index contributed by atoms with van der Waals surface area (Å²) in [4.78, 5) is 36.0. The zero-order chi connectivity index (χ0) is 16.3. The summed E-state index contributed by atoms with van der Waals surface area (Å²) in [6, 6.07) is 3.65. The van der Waals surface area contributed by atoms with E-state index in [9.17, 15) is 18.8 Å². The first-order valence-corrected chi connectivity index (χ1v) is 6.91. The number of rotatable bonds is 4. The third-order valence-electron chi connectivity index (χ3n) is 3.68. The number of benzene rings is 1. The van der Waals surface area contributed by atoms with Crippen LogP contribution >= 0.6 is 0 Å². The first-order valence-electron chi connectivity index (χ1n) is 6.91. The van der Waals surface area contributed by atoms with Crippen LogP contribution in [-0.2, 0) is 4.79 Å². The van der Waals surface area contributed by atoms with Gasteiger partial charge in [-0.05, 0) is 37.1 Å². The van der Waals surface area contributed by atoms with Gasteiger partial charge < -0.3 is 10.6 Å². The lowest BCUT2D eigenvalue weighted by atomic mass is 9.93. The summed E-state index contributed by atoms with van der Waals surface area (Å²) in [5.74, 6) is -0.938. The van der Waals surface area contributed by atoms with Gasteiger partial charge in [-0.15, -0.1) is 0 Å². The SMILES string of the molecule is CCC1(CC)NC(=O)N(NC(=O)Nc2ccc(F)cc2)C1=O. The van der Waals surface area contributed by atoms with Crippen molar-refractivity contribution in [2.24, 2.45) is 0 Å². The molecule has 2 rings (SSSR count). The Morgan fingerprint density at radius 3 is 2.32 bits per heavy atom. The van der Waals surface area contributed by atoms with Crippen molar-refractivity contribution in [3.8, 4) is 0 Å². The third kappa shape index (κ3) is 2.85. The molecule has 7 nitrogen and oxygen atoms in total. The Balaban J connectivity index is 2.04. The number of hydrogen-bond acceptors (Lipinski definition) is 3. The van der Waals surface area contributed by atoms with Gasteiger partial charge in [-0.1, -0.05) is 13.8 Å². The molecule has 1 aliphatic rings. The normalized spacial score (nSPS) is 16.4. The van der Waals surface area contributed by atoms with Crippen LogP contribution < -0.4 is 16.1 Å². The smallest absolute Gasteiger partial charge is 0.322 e. The Morgan fingerprint density at radius 2 is 1.82 bits per heavy atom. The molecule has 0 spiro atoms. The molecule has 8 heteroatoms. The van der Waals surface area contributed by atoms with Gasteiger partial charge in [-0.2, -0.15) is 5.01 Å². The van der Waals surface area contributed by atoms with Crippen molar-refractivity contribution < 1.29 is 18.8 Å². The Labute approximate surface area is 126 Å². The molecule has 1 saturated heterocycles. The summed E-state index contributed by atoms with van der Waals surface area (Å²) >= 11 is 0. The van der Waals surface area contributed by atoms with E-state index in [1.165, 1.54) is 24.3 Å². The molecular weight excluding hydrogens is 291 g/mol. The van der Waals surface area contributed by atoms with Crippen molar-refractivity contribution in [2.45, 2.75) is 32.2 Å². The van der Waals surface area contributed by atoms with E-state index in [4.69, 9.17) is 0 Å². The van der Waals surface area contributed by atoms with Crippen LogP contribution in [-0.4, -0.2) is 28.5 Å². The van der Waals surface area contributed by atoms with E-state index < -0.39 is 29.3 Å². The summed E-state index contributed by atoms with van der Waals surface area (Å²) in [6.07, 6.45) is 0.845. The van der Waals surface area contributed by atoms with Gasteiger partial charge in [-0.25, -0.2) is 19.4 Å². The molecule has 118 valence electrons. The van der Waals surface area contributed by atoms with Gasteiger partial charge in [0.2, 0.25) is 0 Å². The summed E-state index contributed by atoms with van der Waals surface area (Å²) < 4.78 is 12.8. The number of hydrogen-bond donors (Lipinski definition) is 3. The second-order valence-electron chi connectivity index (χ2n) is 4.93. The van der Waals surface area contributed by atoms with E-state index >= 15 is 0 Å². The predicted octanol–water partition coefficient (Wildman–Crippen LogP) is 1.97. The van der Waals surface area contributed by atoms with E-state index in [0.717, 1.165) is 0 Å². The lowest BCUT2D eigenvalue weighted by molar-refractivity contribution is -0.133. The van der Waals surface area contributed by atoms with Gasteiger partial charge in [0.05, 0.1) is 0 Å². The number of halogens is 1. The number of hydrazine groups is 1. The van der Waals surface area contributed by atoms with E-state index in [0.29, 0.717) is 23.5 Å². The molecule has 1 aliphatic heterocycles. The van der Waals surface area contributed by atoms with Crippen LogP contribution in [0.1, 0.15) is 26.7 Å². The Hall–Kier alpha value is -2.64. The average molecular weight is 308 g/mol.